The molecule has 3 aromatic rings. The first-order valence-corrected chi connectivity index (χ1v) is 11.0. The molecule has 0 unspecified atom stereocenters. The van der Waals surface area contributed by atoms with Crippen LogP contribution in [0.3, 0.4) is 0 Å². The molecule has 0 spiro atoms. The number of ether oxygens (including phenoxy) is 3. The van der Waals surface area contributed by atoms with Crippen LogP contribution in [0.5, 0.6) is 17.2 Å². The number of nitrogens with one attached hydrogen (secondary N) is 2. The number of anilines is 1. The maximum Gasteiger partial charge on any atom is 0.251 e. The predicted octanol–water partition coefficient (Wildman–Crippen LogP) is 3.11. The molecule has 0 aliphatic heterocycles. The third kappa shape index (κ3) is 6.19. The van der Waals surface area contributed by atoms with E-state index in [0.29, 0.717) is 28.5 Å². The first-order chi connectivity index (χ1) is 15.9. The summed E-state index contributed by atoms with van der Waals surface area (Å²) in [4.78, 5) is 28.9. The van der Waals surface area contributed by atoms with Gasteiger partial charge in [-0.2, -0.15) is 0 Å². The summed E-state index contributed by atoms with van der Waals surface area (Å²) in [6.45, 7) is 0.241. The molecule has 1 aromatic heterocycles. The number of amides is 2. The summed E-state index contributed by atoms with van der Waals surface area (Å²) in [5.41, 5.74) is 1.82. The van der Waals surface area contributed by atoms with Crippen molar-refractivity contribution in [2.24, 2.45) is 7.05 Å². The molecule has 0 bridgehead atoms. The number of benzene rings is 2. The van der Waals surface area contributed by atoms with Gasteiger partial charge in [0.25, 0.3) is 5.91 Å². The van der Waals surface area contributed by atoms with Crippen LogP contribution in [0.1, 0.15) is 15.9 Å². The Bertz CT molecular complexity index is 1110. The van der Waals surface area contributed by atoms with Gasteiger partial charge in [0.15, 0.2) is 16.7 Å². The smallest absolute Gasteiger partial charge is 0.251 e. The Balaban J connectivity index is 1.56. The summed E-state index contributed by atoms with van der Waals surface area (Å²) in [6, 6.07) is 10.2. The Morgan fingerprint density at radius 3 is 2.27 bits per heavy atom. The van der Waals surface area contributed by atoms with Gasteiger partial charge in [0.1, 0.15) is 5.75 Å². The number of thioether (sulfide) groups is 1. The summed E-state index contributed by atoms with van der Waals surface area (Å²) in [5, 5.41) is 6.45. The van der Waals surface area contributed by atoms with E-state index in [9.17, 15) is 9.59 Å². The minimum atomic E-state index is -0.255. The number of hydrogen-bond acceptors (Lipinski definition) is 7. The Hall–Kier alpha value is -3.66. The van der Waals surface area contributed by atoms with Crippen molar-refractivity contribution in [3.63, 3.8) is 0 Å². The van der Waals surface area contributed by atoms with Crippen LogP contribution in [-0.2, 0) is 18.4 Å². The van der Waals surface area contributed by atoms with Gasteiger partial charge in [0.05, 0.1) is 27.1 Å². The lowest BCUT2D eigenvalue weighted by atomic mass is 10.1. The highest BCUT2D eigenvalue weighted by molar-refractivity contribution is 7.99. The minimum Gasteiger partial charge on any atom is -0.496 e. The number of imidazole rings is 1. The van der Waals surface area contributed by atoms with Crippen LogP contribution in [0.15, 0.2) is 53.9 Å². The zero-order valence-corrected chi connectivity index (χ0v) is 19.7. The molecule has 0 saturated carbocycles. The summed E-state index contributed by atoms with van der Waals surface area (Å²) in [5.74, 6) is 1.49. The van der Waals surface area contributed by atoms with Gasteiger partial charge in [-0.15, -0.1) is 0 Å². The number of methoxy groups -OCH3 is 3. The Morgan fingerprint density at radius 2 is 1.67 bits per heavy atom. The first-order valence-electron chi connectivity index (χ1n) is 10.0. The summed E-state index contributed by atoms with van der Waals surface area (Å²) >= 11 is 1.35. The molecular formula is C23H26N4O5S. The largest absolute Gasteiger partial charge is 0.496 e. The van der Waals surface area contributed by atoms with Crippen molar-refractivity contribution >= 4 is 29.3 Å². The van der Waals surface area contributed by atoms with Crippen LogP contribution in [0.4, 0.5) is 5.69 Å². The molecule has 33 heavy (non-hydrogen) atoms. The van der Waals surface area contributed by atoms with E-state index in [-0.39, 0.29) is 24.1 Å². The molecule has 10 heteroatoms. The lowest BCUT2D eigenvalue weighted by Crippen LogP contribution is -2.23. The summed E-state index contributed by atoms with van der Waals surface area (Å²) in [6.07, 6.45) is 3.51. The quantitative estimate of drug-likeness (QED) is 0.439. The normalized spacial score (nSPS) is 10.4. The molecule has 0 fully saturated rings. The number of carbonyl (C=O) groups excluding carboxylic acids is 2. The number of nitrogens with zero attached hydrogens (tertiary/aromatic N) is 2. The average molecular weight is 471 g/mol. The third-order valence-corrected chi connectivity index (χ3v) is 5.82. The van der Waals surface area contributed by atoms with Crippen molar-refractivity contribution < 1.29 is 23.8 Å². The minimum absolute atomic E-state index is 0.152. The first kappa shape index (κ1) is 24.0. The fourth-order valence-electron chi connectivity index (χ4n) is 3.03. The maximum absolute atomic E-state index is 12.6. The molecule has 0 aliphatic carbocycles. The van der Waals surface area contributed by atoms with Crippen molar-refractivity contribution in [2.45, 2.75) is 11.7 Å². The van der Waals surface area contributed by atoms with Crippen molar-refractivity contribution in [2.75, 3.05) is 32.4 Å². The maximum atomic E-state index is 12.6. The van der Waals surface area contributed by atoms with E-state index in [0.717, 1.165) is 10.7 Å². The average Bonchev–Trinajstić information content (AvgIpc) is 3.25. The van der Waals surface area contributed by atoms with E-state index in [1.54, 1.807) is 63.9 Å². The van der Waals surface area contributed by atoms with Gasteiger partial charge >= 0.3 is 0 Å². The standard InChI is InChI=1S/C23H26N4O5S/c1-27-10-9-24-23(27)33-14-21(28)26-17-7-5-15(6-8-17)22(29)25-13-16-11-19(31-3)20(32-4)12-18(16)30-2/h5-12H,13-14H2,1-4H3,(H,25,29)(H,26,28). The van der Waals surface area contributed by atoms with Crippen molar-refractivity contribution in [1.82, 2.24) is 14.9 Å². The lowest BCUT2D eigenvalue weighted by molar-refractivity contribution is -0.113. The Kier molecular flexibility index (Phi) is 8.20. The van der Waals surface area contributed by atoms with Crippen molar-refractivity contribution in [3.8, 4) is 17.2 Å². The van der Waals surface area contributed by atoms with E-state index >= 15 is 0 Å². The molecule has 9 nitrogen and oxygen atoms in total. The van der Waals surface area contributed by atoms with Crippen molar-refractivity contribution in [3.05, 3.63) is 59.9 Å². The second-order valence-corrected chi connectivity index (χ2v) is 7.88. The van der Waals surface area contributed by atoms with Gasteiger partial charge in [-0.1, -0.05) is 11.8 Å². The highest BCUT2D eigenvalue weighted by Crippen LogP contribution is 2.34. The molecule has 2 aromatic carbocycles. The van der Waals surface area contributed by atoms with E-state index in [2.05, 4.69) is 15.6 Å². The molecule has 0 radical (unpaired) electrons. The Labute approximate surface area is 196 Å². The zero-order chi connectivity index (χ0) is 23.8. The lowest BCUT2D eigenvalue weighted by Gasteiger charge is -2.14. The molecule has 2 amide bonds. The Morgan fingerprint density at radius 1 is 1.00 bits per heavy atom. The van der Waals surface area contributed by atoms with Gasteiger partial charge < -0.3 is 29.4 Å². The molecular weight excluding hydrogens is 444 g/mol. The third-order valence-electron chi connectivity index (χ3n) is 4.77. The van der Waals surface area contributed by atoms with Gasteiger partial charge in [0, 0.05) is 48.9 Å². The zero-order valence-electron chi connectivity index (χ0n) is 18.9. The van der Waals surface area contributed by atoms with Crippen LogP contribution < -0.4 is 24.8 Å². The fourth-order valence-corrected chi connectivity index (χ4v) is 3.76. The van der Waals surface area contributed by atoms with Crippen LogP contribution in [-0.4, -0.2) is 48.4 Å². The van der Waals surface area contributed by atoms with E-state index < -0.39 is 0 Å². The number of aromatic nitrogens is 2. The highest BCUT2D eigenvalue weighted by Gasteiger charge is 2.14. The van der Waals surface area contributed by atoms with Gasteiger partial charge in [-0.05, 0) is 30.3 Å². The molecule has 1 heterocycles. The fraction of sp³-hybridized carbons (Fsp3) is 0.261. The number of hydrogen-bond donors (Lipinski definition) is 2. The van der Waals surface area contributed by atoms with E-state index in [1.165, 1.54) is 11.8 Å². The SMILES string of the molecule is COc1cc(OC)c(OC)cc1CNC(=O)c1ccc(NC(=O)CSc2nccn2C)cc1. The summed E-state index contributed by atoms with van der Waals surface area (Å²) < 4.78 is 17.8. The summed E-state index contributed by atoms with van der Waals surface area (Å²) in [7, 11) is 6.52. The molecule has 0 saturated heterocycles. The van der Waals surface area contributed by atoms with Crippen LogP contribution in [0.2, 0.25) is 0 Å². The topological polar surface area (TPSA) is 104 Å². The van der Waals surface area contributed by atoms with Crippen molar-refractivity contribution in [1.29, 1.82) is 0 Å². The van der Waals surface area contributed by atoms with E-state index in [1.807, 2.05) is 17.8 Å². The second kappa shape index (κ2) is 11.3. The monoisotopic (exact) mass is 470 g/mol. The highest BCUT2D eigenvalue weighted by atomic mass is 32.2. The number of carbonyl (C=O) groups is 2. The molecule has 0 aliphatic rings. The van der Waals surface area contributed by atoms with Crippen LogP contribution in [0.25, 0.3) is 0 Å². The van der Waals surface area contributed by atoms with E-state index in [4.69, 9.17) is 14.2 Å². The molecule has 174 valence electrons. The molecule has 3 rings (SSSR count). The van der Waals surface area contributed by atoms with Gasteiger partial charge in [-0.25, -0.2) is 4.98 Å². The molecule has 2 N–H and O–H groups in total. The number of rotatable bonds is 10. The van der Waals surface area contributed by atoms with Crippen LogP contribution in [0, 0.1) is 0 Å². The van der Waals surface area contributed by atoms with Gasteiger partial charge in [-0.3, -0.25) is 9.59 Å². The van der Waals surface area contributed by atoms with Gasteiger partial charge in [0.2, 0.25) is 5.91 Å². The van der Waals surface area contributed by atoms with Crippen LogP contribution >= 0.6 is 11.8 Å². The number of aryl methyl sites for hydroxylation is 1. The second-order valence-electron chi connectivity index (χ2n) is 6.94. The predicted molar refractivity (Wildman–Crippen MR) is 126 cm³/mol. The molecule has 0 atom stereocenters.